The third-order valence-electron chi connectivity index (χ3n) is 2.53. The summed E-state index contributed by atoms with van der Waals surface area (Å²) in [6, 6.07) is 0. The predicted octanol–water partition coefficient (Wildman–Crippen LogP) is 2.53. The first-order valence-corrected chi connectivity index (χ1v) is 4.22. The van der Waals surface area contributed by atoms with Crippen LogP contribution in [0.3, 0.4) is 0 Å². The van der Waals surface area contributed by atoms with Crippen LogP contribution in [0.25, 0.3) is 0 Å². The number of rotatable bonds is 2. The van der Waals surface area contributed by atoms with E-state index in [1.54, 1.807) is 0 Å². The van der Waals surface area contributed by atoms with Gasteiger partial charge in [-0.2, -0.15) is 13.2 Å². The van der Waals surface area contributed by atoms with Crippen molar-refractivity contribution in [1.82, 2.24) is 0 Å². The van der Waals surface area contributed by atoms with Gasteiger partial charge in [0.2, 0.25) is 5.67 Å². The van der Waals surface area contributed by atoms with Crippen molar-refractivity contribution in [2.45, 2.75) is 37.5 Å². The van der Waals surface area contributed by atoms with Crippen LogP contribution in [0, 0.1) is 5.92 Å². The van der Waals surface area contributed by atoms with Crippen LogP contribution in [-0.2, 0) is 4.79 Å². The third kappa shape index (κ3) is 2.16. The van der Waals surface area contributed by atoms with Gasteiger partial charge >= 0.3 is 12.1 Å². The van der Waals surface area contributed by atoms with Gasteiger partial charge in [-0.15, -0.1) is 0 Å². The van der Waals surface area contributed by atoms with Crippen molar-refractivity contribution in [3.8, 4) is 0 Å². The zero-order chi connectivity index (χ0) is 11.0. The molecule has 1 aliphatic carbocycles. The van der Waals surface area contributed by atoms with Crippen LogP contribution in [0.5, 0.6) is 0 Å². The minimum absolute atomic E-state index is 0.0116. The van der Waals surface area contributed by atoms with E-state index in [2.05, 4.69) is 0 Å². The molecule has 2 atom stereocenters. The topological polar surface area (TPSA) is 37.3 Å². The maximum absolute atomic E-state index is 13.2. The predicted molar refractivity (Wildman–Crippen MR) is 39.5 cm³/mol. The van der Waals surface area contributed by atoms with Crippen molar-refractivity contribution >= 4 is 5.97 Å². The summed E-state index contributed by atoms with van der Waals surface area (Å²) >= 11 is 0. The second kappa shape index (κ2) is 3.40. The molecule has 1 saturated carbocycles. The number of carbonyl (C=O) groups is 1. The molecule has 0 spiro atoms. The first kappa shape index (κ1) is 11.3. The molecular formula is C8H10F4O2. The van der Waals surface area contributed by atoms with Gasteiger partial charge in [0.25, 0.3) is 0 Å². The van der Waals surface area contributed by atoms with Gasteiger partial charge in [-0.1, -0.05) is 0 Å². The van der Waals surface area contributed by atoms with Gasteiger partial charge in [-0.3, -0.25) is 4.79 Å². The molecule has 0 radical (unpaired) electrons. The van der Waals surface area contributed by atoms with E-state index in [1.165, 1.54) is 0 Å². The summed E-state index contributed by atoms with van der Waals surface area (Å²) in [5.74, 6) is -1.87. The van der Waals surface area contributed by atoms with Crippen molar-refractivity contribution in [2.75, 3.05) is 0 Å². The minimum Gasteiger partial charge on any atom is -0.481 e. The van der Waals surface area contributed by atoms with Crippen LogP contribution in [0.2, 0.25) is 0 Å². The molecule has 6 heteroatoms. The molecule has 82 valence electrons. The summed E-state index contributed by atoms with van der Waals surface area (Å²) in [4.78, 5) is 10.2. The lowest BCUT2D eigenvalue weighted by atomic mass is 9.99. The molecular weight excluding hydrogens is 204 g/mol. The van der Waals surface area contributed by atoms with E-state index in [-0.39, 0.29) is 12.8 Å². The molecule has 14 heavy (non-hydrogen) atoms. The van der Waals surface area contributed by atoms with Crippen LogP contribution >= 0.6 is 0 Å². The Morgan fingerprint density at radius 3 is 2.43 bits per heavy atom. The van der Waals surface area contributed by atoms with Crippen molar-refractivity contribution in [3.63, 3.8) is 0 Å². The van der Waals surface area contributed by atoms with Gasteiger partial charge in [0.15, 0.2) is 0 Å². The van der Waals surface area contributed by atoms with Gasteiger partial charge < -0.3 is 5.11 Å². The number of carboxylic acids is 1. The Morgan fingerprint density at radius 2 is 2.07 bits per heavy atom. The summed E-state index contributed by atoms with van der Waals surface area (Å²) in [5, 5.41) is 8.34. The second-order valence-electron chi connectivity index (χ2n) is 3.67. The summed E-state index contributed by atoms with van der Waals surface area (Å²) in [6.07, 6.45) is -6.61. The molecule has 2 nitrogen and oxygen atoms in total. The largest absolute Gasteiger partial charge is 0.481 e. The van der Waals surface area contributed by atoms with Crippen molar-refractivity contribution in [2.24, 2.45) is 5.92 Å². The molecule has 0 aromatic carbocycles. The van der Waals surface area contributed by atoms with E-state index < -0.39 is 36.6 Å². The van der Waals surface area contributed by atoms with E-state index in [0.29, 0.717) is 0 Å². The van der Waals surface area contributed by atoms with Gasteiger partial charge in [0.1, 0.15) is 0 Å². The zero-order valence-corrected chi connectivity index (χ0v) is 7.27. The Hall–Kier alpha value is -0.810. The van der Waals surface area contributed by atoms with Crippen LogP contribution in [0.4, 0.5) is 17.6 Å². The molecule has 0 bridgehead atoms. The molecule has 0 heterocycles. The van der Waals surface area contributed by atoms with Crippen LogP contribution in [0.15, 0.2) is 0 Å². The fourth-order valence-corrected chi connectivity index (χ4v) is 1.77. The first-order valence-electron chi connectivity index (χ1n) is 4.22. The van der Waals surface area contributed by atoms with E-state index in [1.807, 2.05) is 0 Å². The number of hydrogen-bond acceptors (Lipinski definition) is 1. The standard InChI is InChI=1S/C8H10F4O2/c9-7(8(10,11)12)2-1-5(4-7)3-6(13)14/h5H,1-4H2,(H,13,14). The first-order chi connectivity index (χ1) is 6.24. The molecule has 0 amide bonds. The maximum atomic E-state index is 13.2. The Morgan fingerprint density at radius 1 is 1.50 bits per heavy atom. The SMILES string of the molecule is O=C(O)CC1CCC(F)(C(F)(F)F)C1. The quantitative estimate of drug-likeness (QED) is 0.717. The van der Waals surface area contributed by atoms with E-state index >= 15 is 0 Å². The van der Waals surface area contributed by atoms with E-state index in [0.717, 1.165) is 0 Å². The Bertz CT molecular complexity index is 238. The molecule has 0 aliphatic heterocycles. The Labute approximate surface area is 77.9 Å². The fourth-order valence-electron chi connectivity index (χ4n) is 1.77. The number of carboxylic acid groups (broad SMARTS) is 1. The molecule has 1 rings (SSSR count). The molecule has 1 fully saturated rings. The fraction of sp³-hybridized carbons (Fsp3) is 0.875. The number of alkyl halides is 4. The molecule has 0 aromatic rings. The maximum Gasteiger partial charge on any atom is 0.422 e. The molecule has 1 aliphatic rings. The lowest BCUT2D eigenvalue weighted by Gasteiger charge is -2.22. The smallest absolute Gasteiger partial charge is 0.422 e. The second-order valence-corrected chi connectivity index (χ2v) is 3.67. The lowest BCUT2D eigenvalue weighted by Crippen LogP contribution is -2.38. The van der Waals surface area contributed by atoms with Gasteiger partial charge in [-0.05, 0) is 25.2 Å². The van der Waals surface area contributed by atoms with Crippen molar-refractivity contribution in [3.05, 3.63) is 0 Å². The highest BCUT2D eigenvalue weighted by molar-refractivity contribution is 5.67. The highest BCUT2D eigenvalue weighted by Gasteiger charge is 2.59. The Kier molecular flexibility index (Phi) is 2.74. The van der Waals surface area contributed by atoms with Gasteiger partial charge in [0.05, 0.1) is 0 Å². The minimum atomic E-state index is -4.87. The highest BCUT2D eigenvalue weighted by Crippen LogP contribution is 2.49. The summed E-state index contributed by atoms with van der Waals surface area (Å²) in [5.41, 5.74) is -3.17. The normalized spacial score (nSPS) is 33.3. The number of halogens is 4. The average Bonchev–Trinajstić information content (AvgIpc) is 2.30. The van der Waals surface area contributed by atoms with Crippen molar-refractivity contribution < 1.29 is 27.5 Å². The van der Waals surface area contributed by atoms with Crippen LogP contribution in [0.1, 0.15) is 25.7 Å². The van der Waals surface area contributed by atoms with Gasteiger partial charge in [0, 0.05) is 6.42 Å². The van der Waals surface area contributed by atoms with E-state index in [4.69, 9.17) is 5.11 Å². The van der Waals surface area contributed by atoms with Gasteiger partial charge in [-0.25, -0.2) is 4.39 Å². The van der Waals surface area contributed by atoms with Crippen LogP contribution in [-0.4, -0.2) is 22.9 Å². The Balaban J connectivity index is 2.60. The van der Waals surface area contributed by atoms with Crippen LogP contribution < -0.4 is 0 Å². The average molecular weight is 214 g/mol. The summed E-state index contributed by atoms with van der Waals surface area (Å²) in [6.45, 7) is 0. The summed E-state index contributed by atoms with van der Waals surface area (Å²) < 4.78 is 49.6. The third-order valence-corrected chi connectivity index (χ3v) is 2.53. The number of hydrogen-bond donors (Lipinski definition) is 1. The molecule has 0 saturated heterocycles. The highest BCUT2D eigenvalue weighted by atomic mass is 19.4. The zero-order valence-electron chi connectivity index (χ0n) is 7.27. The molecule has 1 N–H and O–H groups in total. The number of aliphatic carboxylic acids is 1. The molecule has 2 unspecified atom stereocenters. The van der Waals surface area contributed by atoms with E-state index in [9.17, 15) is 22.4 Å². The monoisotopic (exact) mass is 214 g/mol. The lowest BCUT2D eigenvalue weighted by molar-refractivity contribution is -0.228. The van der Waals surface area contributed by atoms with Crippen molar-refractivity contribution in [1.29, 1.82) is 0 Å². The summed E-state index contributed by atoms with van der Waals surface area (Å²) in [7, 11) is 0. The molecule has 0 aromatic heterocycles.